The first-order valence-corrected chi connectivity index (χ1v) is 7.81. The fourth-order valence-corrected chi connectivity index (χ4v) is 3.49. The highest BCUT2D eigenvalue weighted by Gasteiger charge is 2.41. The van der Waals surface area contributed by atoms with Crippen molar-refractivity contribution in [1.29, 1.82) is 0 Å². The average Bonchev–Trinajstić information content (AvgIpc) is 2.77. The number of amides is 1. The van der Waals surface area contributed by atoms with E-state index in [2.05, 4.69) is 41.4 Å². The lowest BCUT2D eigenvalue weighted by Gasteiger charge is -2.35. The van der Waals surface area contributed by atoms with Gasteiger partial charge in [0.2, 0.25) is 5.91 Å². The molecular weight excluding hydrogens is 248 g/mol. The molecule has 1 aromatic carbocycles. The number of hydrogen-bond acceptors (Lipinski definition) is 2. The third-order valence-electron chi connectivity index (χ3n) is 4.67. The van der Waals surface area contributed by atoms with Crippen LogP contribution in [0.25, 0.3) is 0 Å². The Labute approximate surface area is 121 Å². The van der Waals surface area contributed by atoms with Crippen LogP contribution in [-0.2, 0) is 4.79 Å². The number of carbonyl (C=O) groups is 1. The maximum absolute atomic E-state index is 12.5. The Kier molecular flexibility index (Phi) is 3.79. The molecule has 0 bridgehead atoms. The van der Waals surface area contributed by atoms with E-state index in [1.807, 2.05) is 6.92 Å². The predicted molar refractivity (Wildman–Crippen MR) is 80.2 cm³/mol. The van der Waals surface area contributed by atoms with E-state index in [0.717, 1.165) is 12.8 Å². The van der Waals surface area contributed by atoms with Crippen molar-refractivity contribution in [3.05, 3.63) is 35.4 Å². The van der Waals surface area contributed by atoms with Crippen LogP contribution in [0.1, 0.15) is 56.3 Å². The van der Waals surface area contributed by atoms with Crippen LogP contribution < -0.4 is 5.32 Å². The molecule has 1 aliphatic carbocycles. The molecule has 0 aromatic heterocycles. The van der Waals surface area contributed by atoms with Crippen LogP contribution in [0, 0.1) is 6.92 Å². The Bertz CT molecular complexity index is 476. The quantitative estimate of drug-likeness (QED) is 0.897. The van der Waals surface area contributed by atoms with E-state index < -0.39 is 0 Å². The summed E-state index contributed by atoms with van der Waals surface area (Å²) >= 11 is 0. The van der Waals surface area contributed by atoms with Crippen LogP contribution >= 0.6 is 0 Å². The minimum absolute atomic E-state index is 0.0567. The fraction of sp³-hybridized carbons (Fsp3) is 0.588. The standard InChI is InChI=1S/C17H24N2O/c1-12-8-10-14(11-9-12)16-18-13(2)17(20)19(16)15-6-4-3-5-7-15/h8-11,13,15-16,18H,3-7H2,1-2H3. The molecule has 1 saturated heterocycles. The summed E-state index contributed by atoms with van der Waals surface area (Å²) in [5, 5.41) is 3.46. The molecule has 1 amide bonds. The molecule has 20 heavy (non-hydrogen) atoms. The largest absolute Gasteiger partial charge is 0.319 e. The monoisotopic (exact) mass is 272 g/mol. The summed E-state index contributed by atoms with van der Waals surface area (Å²) < 4.78 is 0. The second-order valence-electron chi connectivity index (χ2n) is 6.24. The molecule has 1 N–H and O–H groups in total. The van der Waals surface area contributed by atoms with E-state index in [9.17, 15) is 4.79 Å². The van der Waals surface area contributed by atoms with Crippen molar-refractivity contribution in [3.8, 4) is 0 Å². The van der Waals surface area contributed by atoms with E-state index in [1.165, 1.54) is 30.4 Å². The van der Waals surface area contributed by atoms with E-state index in [1.54, 1.807) is 0 Å². The maximum Gasteiger partial charge on any atom is 0.241 e. The summed E-state index contributed by atoms with van der Waals surface area (Å²) in [6, 6.07) is 8.90. The highest BCUT2D eigenvalue weighted by molar-refractivity contribution is 5.84. The Morgan fingerprint density at radius 2 is 1.75 bits per heavy atom. The number of aryl methyl sites for hydroxylation is 1. The van der Waals surface area contributed by atoms with Crippen molar-refractivity contribution in [2.75, 3.05) is 0 Å². The number of carbonyl (C=O) groups excluding carboxylic acids is 1. The molecular formula is C17H24N2O. The van der Waals surface area contributed by atoms with E-state index in [4.69, 9.17) is 0 Å². The first-order valence-electron chi connectivity index (χ1n) is 7.81. The minimum Gasteiger partial charge on any atom is -0.319 e. The first-order chi connectivity index (χ1) is 9.66. The molecule has 1 aliphatic heterocycles. The van der Waals surface area contributed by atoms with Gasteiger partial charge in [-0.2, -0.15) is 0 Å². The number of nitrogens with zero attached hydrogens (tertiary/aromatic N) is 1. The van der Waals surface area contributed by atoms with E-state index in [-0.39, 0.29) is 18.1 Å². The summed E-state index contributed by atoms with van der Waals surface area (Å²) in [6.07, 6.45) is 6.19. The van der Waals surface area contributed by atoms with Gasteiger partial charge in [-0.15, -0.1) is 0 Å². The molecule has 3 heteroatoms. The van der Waals surface area contributed by atoms with Gasteiger partial charge in [0.15, 0.2) is 0 Å². The lowest BCUT2D eigenvalue weighted by Crippen LogP contribution is -2.41. The van der Waals surface area contributed by atoms with Gasteiger partial charge in [-0.05, 0) is 32.3 Å². The number of hydrogen-bond donors (Lipinski definition) is 1. The molecule has 1 aromatic rings. The van der Waals surface area contributed by atoms with Gasteiger partial charge in [-0.25, -0.2) is 0 Å². The van der Waals surface area contributed by atoms with Gasteiger partial charge in [-0.1, -0.05) is 49.1 Å². The maximum atomic E-state index is 12.5. The normalized spacial score (nSPS) is 28.1. The van der Waals surface area contributed by atoms with Crippen LogP contribution in [0.4, 0.5) is 0 Å². The van der Waals surface area contributed by atoms with Crippen molar-refractivity contribution in [1.82, 2.24) is 10.2 Å². The molecule has 0 radical (unpaired) electrons. The average molecular weight is 272 g/mol. The fourth-order valence-electron chi connectivity index (χ4n) is 3.49. The molecule has 1 heterocycles. The first kappa shape index (κ1) is 13.6. The third kappa shape index (κ3) is 2.47. The molecule has 2 unspecified atom stereocenters. The zero-order valence-corrected chi connectivity index (χ0v) is 12.4. The molecule has 1 saturated carbocycles. The minimum atomic E-state index is -0.0665. The summed E-state index contributed by atoms with van der Waals surface area (Å²) in [7, 11) is 0. The van der Waals surface area contributed by atoms with Gasteiger partial charge in [0.05, 0.1) is 6.04 Å². The summed E-state index contributed by atoms with van der Waals surface area (Å²) in [6.45, 7) is 4.07. The highest BCUT2D eigenvalue weighted by atomic mass is 16.2. The van der Waals surface area contributed by atoms with Gasteiger partial charge in [-0.3, -0.25) is 10.1 Å². The van der Waals surface area contributed by atoms with Crippen molar-refractivity contribution >= 4 is 5.91 Å². The molecule has 3 nitrogen and oxygen atoms in total. The van der Waals surface area contributed by atoms with Gasteiger partial charge in [0, 0.05) is 6.04 Å². The van der Waals surface area contributed by atoms with Gasteiger partial charge < -0.3 is 4.90 Å². The zero-order chi connectivity index (χ0) is 14.1. The smallest absolute Gasteiger partial charge is 0.241 e. The van der Waals surface area contributed by atoms with Gasteiger partial charge in [0.25, 0.3) is 0 Å². The predicted octanol–water partition coefficient (Wildman–Crippen LogP) is 3.15. The summed E-state index contributed by atoms with van der Waals surface area (Å²) in [5.41, 5.74) is 2.47. The SMILES string of the molecule is Cc1ccc(C2NC(C)C(=O)N2C2CCCCC2)cc1. The van der Waals surface area contributed by atoms with Crippen LogP contribution in [0.3, 0.4) is 0 Å². The topological polar surface area (TPSA) is 32.3 Å². The lowest BCUT2D eigenvalue weighted by molar-refractivity contribution is -0.132. The van der Waals surface area contributed by atoms with Gasteiger partial charge in [0.1, 0.15) is 6.17 Å². The molecule has 3 rings (SSSR count). The highest BCUT2D eigenvalue weighted by Crippen LogP contribution is 2.33. The third-order valence-corrected chi connectivity index (χ3v) is 4.67. The second kappa shape index (κ2) is 5.57. The Balaban J connectivity index is 1.87. The van der Waals surface area contributed by atoms with Crippen LogP contribution in [0.5, 0.6) is 0 Å². The Morgan fingerprint density at radius 3 is 2.40 bits per heavy atom. The summed E-state index contributed by atoms with van der Waals surface area (Å²) in [5.74, 6) is 0.266. The van der Waals surface area contributed by atoms with Crippen molar-refractivity contribution in [2.45, 2.75) is 64.2 Å². The molecule has 2 atom stereocenters. The van der Waals surface area contributed by atoms with Crippen LogP contribution in [0.2, 0.25) is 0 Å². The zero-order valence-electron chi connectivity index (χ0n) is 12.4. The van der Waals surface area contributed by atoms with Crippen molar-refractivity contribution < 1.29 is 4.79 Å². The Morgan fingerprint density at radius 1 is 1.10 bits per heavy atom. The van der Waals surface area contributed by atoms with Crippen LogP contribution in [0.15, 0.2) is 24.3 Å². The Hall–Kier alpha value is -1.35. The molecule has 2 fully saturated rings. The summed E-state index contributed by atoms with van der Waals surface area (Å²) in [4.78, 5) is 14.6. The number of nitrogens with one attached hydrogen (secondary N) is 1. The van der Waals surface area contributed by atoms with Crippen molar-refractivity contribution in [2.24, 2.45) is 0 Å². The van der Waals surface area contributed by atoms with Crippen LogP contribution in [-0.4, -0.2) is 22.9 Å². The number of rotatable bonds is 2. The van der Waals surface area contributed by atoms with E-state index >= 15 is 0 Å². The van der Waals surface area contributed by atoms with Crippen molar-refractivity contribution in [3.63, 3.8) is 0 Å². The van der Waals surface area contributed by atoms with E-state index in [0.29, 0.717) is 6.04 Å². The molecule has 2 aliphatic rings. The van der Waals surface area contributed by atoms with Gasteiger partial charge >= 0.3 is 0 Å². The molecule has 0 spiro atoms. The lowest BCUT2D eigenvalue weighted by atomic mass is 9.93. The second-order valence-corrected chi connectivity index (χ2v) is 6.24. The molecule has 108 valence electrons. The number of benzene rings is 1.